The SMILES string of the molecule is COCC[C@@H]1CC[C@@H](C(C)C)C[C@H]1O. The van der Waals surface area contributed by atoms with Crippen LogP contribution in [0.2, 0.25) is 0 Å². The summed E-state index contributed by atoms with van der Waals surface area (Å²) in [6.45, 7) is 5.30. The van der Waals surface area contributed by atoms with Gasteiger partial charge in [-0.1, -0.05) is 13.8 Å². The van der Waals surface area contributed by atoms with Gasteiger partial charge in [-0.2, -0.15) is 0 Å². The molecule has 0 aromatic heterocycles. The van der Waals surface area contributed by atoms with Gasteiger partial charge in [0.2, 0.25) is 0 Å². The Kier molecular flexibility index (Phi) is 4.90. The van der Waals surface area contributed by atoms with Gasteiger partial charge in [-0.05, 0) is 43.4 Å². The minimum Gasteiger partial charge on any atom is -0.393 e. The van der Waals surface area contributed by atoms with Crippen LogP contribution in [0.1, 0.15) is 39.5 Å². The number of hydrogen-bond donors (Lipinski definition) is 1. The van der Waals surface area contributed by atoms with Crippen molar-refractivity contribution in [3.63, 3.8) is 0 Å². The van der Waals surface area contributed by atoms with Crippen LogP contribution in [0.15, 0.2) is 0 Å². The van der Waals surface area contributed by atoms with Crippen LogP contribution in [0.25, 0.3) is 0 Å². The highest BCUT2D eigenvalue weighted by Crippen LogP contribution is 2.34. The van der Waals surface area contributed by atoms with Gasteiger partial charge in [-0.15, -0.1) is 0 Å². The van der Waals surface area contributed by atoms with Gasteiger partial charge in [-0.3, -0.25) is 0 Å². The molecule has 0 radical (unpaired) electrons. The molecule has 0 amide bonds. The first-order valence-electron chi connectivity index (χ1n) is 5.82. The van der Waals surface area contributed by atoms with Crippen molar-refractivity contribution in [3.05, 3.63) is 0 Å². The first-order chi connectivity index (χ1) is 6.65. The van der Waals surface area contributed by atoms with Crippen LogP contribution in [-0.4, -0.2) is 24.9 Å². The average Bonchev–Trinajstić information content (AvgIpc) is 2.15. The van der Waals surface area contributed by atoms with Gasteiger partial charge in [0.1, 0.15) is 0 Å². The summed E-state index contributed by atoms with van der Waals surface area (Å²) in [6.07, 6.45) is 4.37. The molecule has 1 rings (SSSR count). The second-order valence-corrected chi connectivity index (χ2v) is 4.93. The predicted octanol–water partition coefficient (Wildman–Crippen LogP) is 2.46. The van der Waals surface area contributed by atoms with Gasteiger partial charge in [0.25, 0.3) is 0 Å². The molecule has 14 heavy (non-hydrogen) atoms. The smallest absolute Gasteiger partial charge is 0.0572 e. The van der Waals surface area contributed by atoms with E-state index in [1.807, 2.05) is 0 Å². The maximum absolute atomic E-state index is 9.96. The molecule has 84 valence electrons. The summed E-state index contributed by atoms with van der Waals surface area (Å²) in [5, 5.41) is 9.96. The van der Waals surface area contributed by atoms with E-state index in [-0.39, 0.29) is 6.10 Å². The third-order valence-electron chi connectivity index (χ3n) is 3.63. The summed E-state index contributed by atoms with van der Waals surface area (Å²) in [5.41, 5.74) is 0. The highest BCUT2D eigenvalue weighted by Gasteiger charge is 2.29. The van der Waals surface area contributed by atoms with Gasteiger partial charge in [0.15, 0.2) is 0 Å². The zero-order valence-electron chi connectivity index (χ0n) is 9.70. The number of methoxy groups -OCH3 is 1. The van der Waals surface area contributed by atoms with E-state index in [4.69, 9.17) is 4.74 Å². The average molecular weight is 200 g/mol. The van der Waals surface area contributed by atoms with Gasteiger partial charge in [0, 0.05) is 13.7 Å². The fourth-order valence-corrected chi connectivity index (χ4v) is 2.45. The third-order valence-corrected chi connectivity index (χ3v) is 3.63. The van der Waals surface area contributed by atoms with Crippen molar-refractivity contribution < 1.29 is 9.84 Å². The maximum atomic E-state index is 9.96. The largest absolute Gasteiger partial charge is 0.393 e. The molecule has 1 N–H and O–H groups in total. The van der Waals surface area contributed by atoms with Crippen LogP contribution < -0.4 is 0 Å². The summed E-state index contributed by atoms with van der Waals surface area (Å²) >= 11 is 0. The van der Waals surface area contributed by atoms with Crippen LogP contribution in [0.3, 0.4) is 0 Å². The lowest BCUT2D eigenvalue weighted by Gasteiger charge is -2.35. The normalized spacial score (nSPS) is 33.6. The Bertz CT molecular complexity index is 156. The Morgan fingerprint density at radius 2 is 2.07 bits per heavy atom. The number of hydrogen-bond acceptors (Lipinski definition) is 2. The quantitative estimate of drug-likeness (QED) is 0.755. The number of aliphatic hydroxyl groups excluding tert-OH is 1. The molecule has 0 unspecified atom stereocenters. The van der Waals surface area contributed by atoms with Crippen molar-refractivity contribution in [1.82, 2.24) is 0 Å². The second-order valence-electron chi connectivity index (χ2n) is 4.93. The second kappa shape index (κ2) is 5.72. The number of ether oxygens (including phenoxy) is 1. The van der Waals surface area contributed by atoms with E-state index in [0.29, 0.717) is 11.8 Å². The summed E-state index contributed by atoms with van der Waals surface area (Å²) < 4.78 is 5.06. The Balaban J connectivity index is 2.32. The fourth-order valence-electron chi connectivity index (χ4n) is 2.45. The van der Waals surface area contributed by atoms with Crippen LogP contribution in [0.5, 0.6) is 0 Å². The molecule has 2 nitrogen and oxygen atoms in total. The van der Waals surface area contributed by atoms with Crippen molar-refractivity contribution in [1.29, 1.82) is 0 Å². The first-order valence-corrected chi connectivity index (χ1v) is 5.82. The molecule has 0 saturated heterocycles. The minimum atomic E-state index is -0.0914. The van der Waals surface area contributed by atoms with Gasteiger partial charge in [-0.25, -0.2) is 0 Å². The molecular formula is C12H24O2. The summed E-state index contributed by atoms with van der Waals surface area (Å²) in [4.78, 5) is 0. The molecule has 1 aliphatic carbocycles. The minimum absolute atomic E-state index is 0.0914. The molecule has 1 aliphatic rings. The predicted molar refractivity (Wildman–Crippen MR) is 58.2 cm³/mol. The van der Waals surface area contributed by atoms with E-state index in [1.165, 1.54) is 12.8 Å². The molecule has 3 atom stereocenters. The van der Waals surface area contributed by atoms with E-state index in [1.54, 1.807) is 7.11 Å². The highest BCUT2D eigenvalue weighted by atomic mass is 16.5. The molecule has 0 aliphatic heterocycles. The Labute approximate surface area is 87.7 Å². The van der Waals surface area contributed by atoms with Crippen molar-refractivity contribution >= 4 is 0 Å². The molecule has 0 bridgehead atoms. The zero-order valence-corrected chi connectivity index (χ0v) is 9.70. The first kappa shape index (κ1) is 12.0. The van der Waals surface area contributed by atoms with E-state index in [2.05, 4.69) is 13.8 Å². The number of aliphatic hydroxyl groups is 1. The Morgan fingerprint density at radius 3 is 2.57 bits per heavy atom. The monoisotopic (exact) mass is 200 g/mol. The van der Waals surface area contributed by atoms with Gasteiger partial charge in [0.05, 0.1) is 6.10 Å². The van der Waals surface area contributed by atoms with Crippen LogP contribution in [0.4, 0.5) is 0 Å². The van der Waals surface area contributed by atoms with Crippen LogP contribution >= 0.6 is 0 Å². The summed E-state index contributed by atoms with van der Waals surface area (Å²) in [5.74, 6) is 1.92. The lowest BCUT2D eigenvalue weighted by Crippen LogP contribution is -2.32. The van der Waals surface area contributed by atoms with Crippen LogP contribution in [0, 0.1) is 17.8 Å². The maximum Gasteiger partial charge on any atom is 0.0572 e. The summed E-state index contributed by atoms with van der Waals surface area (Å²) in [6, 6.07) is 0. The van der Waals surface area contributed by atoms with Crippen LogP contribution in [-0.2, 0) is 4.74 Å². The molecular weight excluding hydrogens is 176 g/mol. The summed E-state index contributed by atoms with van der Waals surface area (Å²) in [7, 11) is 1.73. The highest BCUT2D eigenvalue weighted by molar-refractivity contribution is 4.80. The van der Waals surface area contributed by atoms with E-state index in [9.17, 15) is 5.11 Å². The molecule has 2 heteroatoms. The van der Waals surface area contributed by atoms with E-state index in [0.717, 1.165) is 25.4 Å². The molecule has 1 fully saturated rings. The lowest BCUT2D eigenvalue weighted by atomic mass is 9.74. The molecule has 0 aromatic rings. The zero-order chi connectivity index (χ0) is 10.6. The van der Waals surface area contributed by atoms with Crippen molar-refractivity contribution in [2.45, 2.75) is 45.6 Å². The lowest BCUT2D eigenvalue weighted by molar-refractivity contribution is 0.0181. The molecule has 1 saturated carbocycles. The molecule has 0 aromatic carbocycles. The van der Waals surface area contributed by atoms with E-state index < -0.39 is 0 Å². The molecule has 0 spiro atoms. The van der Waals surface area contributed by atoms with Crippen molar-refractivity contribution in [2.24, 2.45) is 17.8 Å². The number of rotatable bonds is 4. The standard InChI is InChI=1S/C12H24O2/c1-9(2)11-5-4-10(6-7-14-3)12(13)8-11/h9-13H,4-8H2,1-3H3/t10-,11+,12+/m0/s1. The Hall–Kier alpha value is -0.0800. The molecule has 0 heterocycles. The third kappa shape index (κ3) is 3.25. The van der Waals surface area contributed by atoms with Crippen molar-refractivity contribution in [2.75, 3.05) is 13.7 Å². The van der Waals surface area contributed by atoms with Gasteiger partial charge < -0.3 is 9.84 Å². The van der Waals surface area contributed by atoms with Gasteiger partial charge >= 0.3 is 0 Å². The topological polar surface area (TPSA) is 29.5 Å². The van der Waals surface area contributed by atoms with E-state index >= 15 is 0 Å². The Morgan fingerprint density at radius 1 is 1.36 bits per heavy atom. The fraction of sp³-hybridized carbons (Fsp3) is 1.00. The van der Waals surface area contributed by atoms with Crippen molar-refractivity contribution in [3.8, 4) is 0 Å².